The first-order chi connectivity index (χ1) is 26.8. The summed E-state index contributed by atoms with van der Waals surface area (Å²) in [4.78, 5) is 0. The number of fused-ring (bicyclic) bond motifs is 27. The molecule has 55 heavy (non-hydrogen) atoms. The van der Waals surface area contributed by atoms with Crippen LogP contribution in [-0.4, -0.2) is 42.4 Å². The normalized spacial score (nSPS) is 18.8. The van der Waals surface area contributed by atoms with Crippen molar-refractivity contribution in [2.24, 2.45) is 17.8 Å². The van der Waals surface area contributed by atoms with Crippen molar-refractivity contribution in [2.45, 2.75) is 282 Å². The Balaban J connectivity index is 0.00000104. The SMILES string of the molecule is C1CCCC[CH2][Al]2[CH2]CCCCCCCC[CH2][Al]([CH2]CCC1)[CH2]CCCCCCCC[CH2]2.CC(C)[CH2][Al]([CH2]C(C)C)[CH2]C(C)C.[CH+]=CCCCCCCC=C. The summed E-state index contributed by atoms with van der Waals surface area (Å²) < 4.78 is 0. The van der Waals surface area contributed by atoms with E-state index >= 15 is 0 Å². The number of hydrogen-bond acceptors (Lipinski definition) is 0. The van der Waals surface area contributed by atoms with Gasteiger partial charge in [0.15, 0.2) is 6.08 Å². The van der Waals surface area contributed by atoms with E-state index in [1.807, 2.05) is 6.08 Å². The fraction of sp³-hybridized carbons (Fsp3) is 0.923. The second-order valence-electron chi connectivity index (χ2n) is 20.2. The Kier molecular flexibility index (Phi) is 45.3. The summed E-state index contributed by atoms with van der Waals surface area (Å²) in [7, 11) is 0. The molecule has 0 aromatic rings. The fourth-order valence-electron chi connectivity index (χ4n) is 9.84. The molecular formula is C52H104Al3+. The van der Waals surface area contributed by atoms with Gasteiger partial charge < -0.3 is 0 Å². The van der Waals surface area contributed by atoms with Crippen molar-refractivity contribution in [3.8, 4) is 0 Å². The van der Waals surface area contributed by atoms with Gasteiger partial charge in [0, 0.05) is 6.42 Å². The molecule has 0 saturated carbocycles. The van der Waals surface area contributed by atoms with Gasteiger partial charge in [-0.05, 0) is 19.3 Å². The minimum Gasteiger partial charge on any atom is -0.103 e. The van der Waals surface area contributed by atoms with Crippen LogP contribution in [0.3, 0.4) is 0 Å². The van der Waals surface area contributed by atoms with E-state index in [0.717, 1.165) is 30.6 Å². The van der Waals surface area contributed by atoms with E-state index in [0.29, 0.717) is 0 Å². The monoisotopic (exact) mass is 810 g/mol. The minimum absolute atomic E-state index is 0.407. The third-order valence-corrected chi connectivity index (χ3v) is 25.0. The molecule has 0 nitrogen and oxygen atoms in total. The molecule has 3 aliphatic rings. The van der Waals surface area contributed by atoms with Crippen LogP contribution >= 0.6 is 0 Å². The van der Waals surface area contributed by atoms with E-state index in [9.17, 15) is 0 Å². The zero-order valence-corrected chi connectivity index (χ0v) is 42.9. The number of rotatable bonds is 13. The molecule has 0 N–H and O–H groups in total. The van der Waals surface area contributed by atoms with Gasteiger partial charge in [0.1, 0.15) is 0 Å². The molecule has 320 valence electrons. The molecule has 3 fully saturated rings. The molecule has 3 rings (SSSR count). The lowest BCUT2D eigenvalue weighted by Gasteiger charge is -2.17. The molecule has 2 bridgehead atoms. The molecule has 0 amide bonds. The van der Waals surface area contributed by atoms with Gasteiger partial charge in [-0.15, -0.1) is 6.58 Å². The van der Waals surface area contributed by atoms with Gasteiger partial charge in [0.2, 0.25) is 6.58 Å². The molecule has 0 aliphatic carbocycles. The second kappa shape index (κ2) is 44.5. The van der Waals surface area contributed by atoms with Crippen LogP contribution in [0.15, 0.2) is 18.7 Å². The van der Waals surface area contributed by atoms with Crippen molar-refractivity contribution in [2.75, 3.05) is 0 Å². The lowest BCUT2D eigenvalue weighted by Crippen LogP contribution is -2.19. The van der Waals surface area contributed by atoms with Crippen molar-refractivity contribution < 1.29 is 0 Å². The largest absolute Gasteiger partial charge is 0.262 e. The quantitative estimate of drug-likeness (QED) is 0.0752. The average Bonchev–Trinajstić information content (AvgIpc) is 3.13. The van der Waals surface area contributed by atoms with Gasteiger partial charge in [-0.25, -0.2) is 0 Å². The van der Waals surface area contributed by atoms with Crippen molar-refractivity contribution in [3.05, 3.63) is 25.3 Å². The van der Waals surface area contributed by atoms with Crippen molar-refractivity contribution in [1.29, 1.82) is 0 Å². The lowest BCUT2D eigenvalue weighted by atomic mass is 10.1. The molecule has 0 aromatic carbocycles. The van der Waals surface area contributed by atoms with E-state index < -0.39 is 42.4 Å². The van der Waals surface area contributed by atoms with Crippen LogP contribution in [0.25, 0.3) is 0 Å². The fourth-order valence-corrected chi connectivity index (χ4v) is 21.3. The molecule has 3 heterocycles. The van der Waals surface area contributed by atoms with E-state index in [1.165, 1.54) is 64.2 Å². The topological polar surface area (TPSA) is 0 Å². The molecule has 3 aliphatic heterocycles. The summed E-state index contributed by atoms with van der Waals surface area (Å²) in [5.41, 5.74) is 0. The first-order valence-corrected chi connectivity index (χ1v) is 33.3. The maximum atomic E-state index is 5.23. The van der Waals surface area contributed by atoms with Gasteiger partial charge in [0.25, 0.3) is 42.4 Å². The Morgan fingerprint density at radius 1 is 0.400 bits per heavy atom. The summed E-state index contributed by atoms with van der Waals surface area (Å²) >= 11 is -1.27. The lowest BCUT2D eigenvalue weighted by molar-refractivity contribution is 0.570. The summed E-state index contributed by atoms with van der Waals surface area (Å²) in [6, 6.07) is 0. The van der Waals surface area contributed by atoms with Gasteiger partial charge in [-0.2, -0.15) is 0 Å². The highest BCUT2D eigenvalue weighted by Gasteiger charge is 2.21. The van der Waals surface area contributed by atoms with E-state index in [1.54, 1.807) is 169 Å². The Bertz CT molecular complexity index is 631. The Morgan fingerprint density at radius 2 is 0.636 bits per heavy atom. The summed E-state index contributed by atoms with van der Waals surface area (Å²) in [6.07, 6.45) is 48.4. The van der Waals surface area contributed by atoms with Gasteiger partial charge in [-0.1, -0.05) is 280 Å². The first-order valence-electron chi connectivity index (χ1n) is 25.9. The summed E-state index contributed by atoms with van der Waals surface area (Å²) in [6.45, 7) is 23.2. The smallest absolute Gasteiger partial charge is 0.103 e. The standard InChI is InChI=1S/3C10H20.C10H17.3C4H9.3Al/c4*1-3-5-7-9-10-8-6-4-2;3*1-4(2)3;;;/h3*1-10H2;1,3-4H,2,5-10H2;3*4H,1H2,2-3H3;;;/q;;;+1;;;;;;. The first kappa shape index (κ1) is 56.0. The van der Waals surface area contributed by atoms with Crippen molar-refractivity contribution >= 4 is 42.4 Å². The van der Waals surface area contributed by atoms with Crippen LogP contribution in [-0.2, 0) is 0 Å². The molecule has 0 unspecified atom stereocenters. The van der Waals surface area contributed by atoms with E-state index in [2.05, 4.69) is 48.1 Å². The zero-order valence-electron chi connectivity index (χ0n) is 39.5. The van der Waals surface area contributed by atoms with Crippen molar-refractivity contribution in [1.82, 2.24) is 0 Å². The number of allylic oxidation sites excluding steroid dienone is 2. The van der Waals surface area contributed by atoms with E-state index in [4.69, 9.17) is 6.58 Å². The molecule has 3 heteroatoms. The zero-order chi connectivity index (χ0) is 40.5. The van der Waals surface area contributed by atoms with Crippen LogP contribution in [0.5, 0.6) is 0 Å². The number of unbranched alkanes of at least 4 members (excludes halogenated alkanes) is 5. The average molecular weight is 810 g/mol. The molecule has 0 spiro atoms. The van der Waals surface area contributed by atoms with Gasteiger partial charge in [0.05, 0.1) is 0 Å². The highest BCUT2D eigenvalue weighted by atomic mass is 27.2. The van der Waals surface area contributed by atoms with E-state index in [-0.39, 0.29) is 0 Å². The molecule has 0 atom stereocenters. The van der Waals surface area contributed by atoms with Crippen LogP contribution in [0, 0.1) is 24.3 Å². The van der Waals surface area contributed by atoms with Crippen LogP contribution in [0.1, 0.15) is 234 Å². The highest BCUT2D eigenvalue weighted by molar-refractivity contribution is 6.59. The predicted molar refractivity (Wildman–Crippen MR) is 263 cm³/mol. The third kappa shape index (κ3) is 44.4. The highest BCUT2D eigenvalue weighted by Crippen LogP contribution is 2.24. The van der Waals surface area contributed by atoms with Crippen LogP contribution in [0.4, 0.5) is 0 Å². The second-order valence-corrected chi connectivity index (χ2v) is 30.3. The Labute approximate surface area is 364 Å². The molecule has 3 saturated heterocycles. The molecular weight excluding hydrogens is 706 g/mol. The Hall–Kier alpha value is 0.987. The maximum Gasteiger partial charge on any atom is 0.262 e. The van der Waals surface area contributed by atoms with Crippen LogP contribution < -0.4 is 0 Å². The summed E-state index contributed by atoms with van der Waals surface area (Å²) in [5, 5.41) is 14.8. The van der Waals surface area contributed by atoms with Crippen molar-refractivity contribution in [3.63, 3.8) is 0 Å². The van der Waals surface area contributed by atoms with Gasteiger partial charge >= 0.3 is 0 Å². The van der Waals surface area contributed by atoms with Crippen LogP contribution in [0.2, 0.25) is 47.5 Å². The maximum absolute atomic E-state index is 5.23. The number of hydrogen-bond donors (Lipinski definition) is 0. The molecule has 0 aromatic heterocycles. The molecule has 0 radical (unpaired) electrons. The Morgan fingerprint density at radius 3 is 0.855 bits per heavy atom. The summed E-state index contributed by atoms with van der Waals surface area (Å²) in [5.74, 6) is 2.78. The minimum atomic E-state index is -0.431. The third-order valence-electron chi connectivity index (χ3n) is 12.9. The van der Waals surface area contributed by atoms with Gasteiger partial charge in [-0.3, -0.25) is 0 Å². The predicted octanol–water partition coefficient (Wildman–Crippen LogP) is 19.3.